The largest absolute Gasteiger partial charge is 0.481 e. The third-order valence-electron chi connectivity index (χ3n) is 2.54. The Morgan fingerprint density at radius 2 is 1.71 bits per heavy atom. The van der Waals surface area contributed by atoms with Crippen molar-refractivity contribution in [2.75, 3.05) is 0 Å². The summed E-state index contributed by atoms with van der Waals surface area (Å²) in [5.74, 6) is -0.770. The van der Waals surface area contributed by atoms with Crippen LogP contribution in [0.4, 0.5) is 0 Å². The highest BCUT2D eigenvalue weighted by molar-refractivity contribution is 6.69. The Hall–Kier alpha value is -0.353. The summed E-state index contributed by atoms with van der Waals surface area (Å²) in [7, 11) is -1.44. The lowest BCUT2D eigenvalue weighted by atomic mass is 9.88. The van der Waals surface area contributed by atoms with Gasteiger partial charge in [-0.1, -0.05) is 0 Å². The predicted octanol–water partition coefficient (Wildman–Crippen LogP) is 2.48. The van der Waals surface area contributed by atoms with Gasteiger partial charge in [-0.2, -0.15) is 0 Å². The van der Waals surface area contributed by atoms with Gasteiger partial charge in [-0.05, 0) is 45.3 Å². The molecule has 0 saturated heterocycles. The maximum absolute atomic E-state index is 10.7. The highest BCUT2D eigenvalue weighted by atomic mass is 28.4. The van der Waals surface area contributed by atoms with Gasteiger partial charge >= 0.3 is 5.97 Å². The standard InChI is InChI=1S/C10H20O3Si/c1-14(2,3)13-9-6-4-8(5-7-9)10(11)12/h8-9H,4-7H2,1-3H3,(H,11,12). The third-order valence-corrected chi connectivity index (χ3v) is 3.58. The molecule has 82 valence electrons. The topological polar surface area (TPSA) is 46.5 Å². The Labute approximate surface area is 86.6 Å². The van der Waals surface area contributed by atoms with Crippen LogP contribution >= 0.6 is 0 Å². The van der Waals surface area contributed by atoms with Gasteiger partial charge in [0.05, 0.1) is 5.92 Å². The Bertz CT molecular complexity index is 202. The zero-order valence-electron chi connectivity index (χ0n) is 9.25. The molecule has 0 heterocycles. The summed E-state index contributed by atoms with van der Waals surface area (Å²) in [5.41, 5.74) is 0. The van der Waals surface area contributed by atoms with Gasteiger partial charge in [-0.15, -0.1) is 0 Å². The minimum atomic E-state index is -1.44. The first-order chi connectivity index (χ1) is 6.38. The molecular formula is C10H20O3Si. The van der Waals surface area contributed by atoms with Crippen molar-refractivity contribution in [2.24, 2.45) is 5.92 Å². The van der Waals surface area contributed by atoms with Gasteiger partial charge in [-0.25, -0.2) is 0 Å². The van der Waals surface area contributed by atoms with Gasteiger partial charge in [0.1, 0.15) is 0 Å². The number of rotatable bonds is 3. The number of carboxylic acids is 1. The number of hydrogen-bond donors (Lipinski definition) is 1. The van der Waals surface area contributed by atoms with Crippen LogP contribution in [0.25, 0.3) is 0 Å². The molecule has 0 aromatic carbocycles. The average molecular weight is 216 g/mol. The fourth-order valence-electron chi connectivity index (χ4n) is 1.93. The number of carboxylic acid groups (broad SMARTS) is 1. The number of aliphatic carboxylic acids is 1. The second-order valence-electron chi connectivity index (χ2n) is 5.04. The molecule has 0 spiro atoms. The van der Waals surface area contributed by atoms with E-state index < -0.39 is 14.3 Å². The predicted molar refractivity (Wildman–Crippen MR) is 57.8 cm³/mol. The molecule has 0 aliphatic heterocycles. The molecule has 14 heavy (non-hydrogen) atoms. The summed E-state index contributed by atoms with van der Waals surface area (Å²) in [5, 5.41) is 8.82. The molecule has 1 aliphatic carbocycles. The van der Waals surface area contributed by atoms with Crippen LogP contribution in [0.15, 0.2) is 0 Å². The Morgan fingerprint density at radius 3 is 2.07 bits per heavy atom. The van der Waals surface area contributed by atoms with Gasteiger partial charge in [0.15, 0.2) is 8.32 Å². The van der Waals surface area contributed by atoms with Crippen molar-refractivity contribution in [3.8, 4) is 0 Å². The van der Waals surface area contributed by atoms with Crippen LogP contribution in [-0.2, 0) is 9.22 Å². The zero-order chi connectivity index (χ0) is 10.8. The third kappa shape index (κ3) is 3.80. The number of carbonyl (C=O) groups is 1. The molecule has 1 fully saturated rings. The molecule has 1 saturated carbocycles. The second kappa shape index (κ2) is 4.44. The van der Waals surface area contributed by atoms with Crippen LogP contribution in [-0.4, -0.2) is 25.5 Å². The van der Waals surface area contributed by atoms with Gasteiger partial charge in [0, 0.05) is 6.10 Å². The summed E-state index contributed by atoms with van der Waals surface area (Å²) < 4.78 is 5.95. The normalized spacial score (nSPS) is 28.8. The minimum absolute atomic E-state index is 0.128. The monoisotopic (exact) mass is 216 g/mol. The van der Waals surface area contributed by atoms with Crippen LogP contribution in [0, 0.1) is 5.92 Å². The quantitative estimate of drug-likeness (QED) is 0.737. The smallest absolute Gasteiger partial charge is 0.306 e. The zero-order valence-corrected chi connectivity index (χ0v) is 10.2. The first-order valence-corrected chi connectivity index (χ1v) is 8.70. The molecule has 3 nitrogen and oxygen atoms in total. The Kier molecular flexibility index (Phi) is 3.72. The molecule has 4 heteroatoms. The molecule has 0 unspecified atom stereocenters. The Morgan fingerprint density at radius 1 is 1.21 bits per heavy atom. The molecule has 0 atom stereocenters. The highest BCUT2D eigenvalue weighted by Gasteiger charge is 2.29. The molecule has 0 aromatic rings. The van der Waals surface area contributed by atoms with E-state index in [1.165, 1.54) is 0 Å². The molecule has 0 radical (unpaired) electrons. The summed E-state index contributed by atoms with van der Waals surface area (Å²) >= 11 is 0. The van der Waals surface area contributed by atoms with E-state index in [-0.39, 0.29) is 5.92 Å². The van der Waals surface area contributed by atoms with Crippen molar-refractivity contribution in [1.82, 2.24) is 0 Å². The van der Waals surface area contributed by atoms with E-state index in [9.17, 15) is 4.79 Å². The molecule has 0 amide bonds. The highest BCUT2D eigenvalue weighted by Crippen LogP contribution is 2.28. The molecular weight excluding hydrogens is 196 g/mol. The van der Waals surface area contributed by atoms with Crippen molar-refractivity contribution < 1.29 is 14.3 Å². The van der Waals surface area contributed by atoms with Crippen LogP contribution in [0.1, 0.15) is 25.7 Å². The van der Waals surface area contributed by atoms with Gasteiger partial charge < -0.3 is 9.53 Å². The van der Waals surface area contributed by atoms with Crippen LogP contribution in [0.2, 0.25) is 19.6 Å². The lowest BCUT2D eigenvalue weighted by Crippen LogP contribution is -2.35. The van der Waals surface area contributed by atoms with Crippen molar-refractivity contribution in [3.05, 3.63) is 0 Å². The van der Waals surface area contributed by atoms with E-state index in [4.69, 9.17) is 9.53 Å². The minimum Gasteiger partial charge on any atom is -0.481 e. The van der Waals surface area contributed by atoms with E-state index >= 15 is 0 Å². The van der Waals surface area contributed by atoms with E-state index in [1.54, 1.807) is 0 Å². The van der Waals surface area contributed by atoms with Gasteiger partial charge in [-0.3, -0.25) is 4.79 Å². The maximum Gasteiger partial charge on any atom is 0.306 e. The van der Waals surface area contributed by atoms with Crippen molar-refractivity contribution in [3.63, 3.8) is 0 Å². The van der Waals surface area contributed by atoms with Crippen LogP contribution in [0.5, 0.6) is 0 Å². The molecule has 0 aromatic heterocycles. The molecule has 0 bridgehead atoms. The van der Waals surface area contributed by atoms with Crippen LogP contribution < -0.4 is 0 Å². The fraction of sp³-hybridized carbons (Fsp3) is 0.900. The summed E-state index contributed by atoms with van der Waals surface area (Å²) in [4.78, 5) is 10.7. The van der Waals surface area contributed by atoms with E-state index in [2.05, 4.69) is 19.6 Å². The van der Waals surface area contributed by atoms with E-state index in [1.807, 2.05) is 0 Å². The lowest BCUT2D eigenvalue weighted by Gasteiger charge is -2.31. The molecule has 1 rings (SSSR count). The van der Waals surface area contributed by atoms with Gasteiger partial charge in [0.25, 0.3) is 0 Å². The fourth-order valence-corrected chi connectivity index (χ4v) is 3.16. The SMILES string of the molecule is C[Si](C)(C)OC1CCC(C(=O)O)CC1. The van der Waals surface area contributed by atoms with Crippen molar-refractivity contribution in [1.29, 1.82) is 0 Å². The van der Waals surface area contributed by atoms with Crippen molar-refractivity contribution >= 4 is 14.3 Å². The van der Waals surface area contributed by atoms with E-state index in [0.717, 1.165) is 25.7 Å². The summed E-state index contributed by atoms with van der Waals surface area (Å²) in [6, 6.07) is 0. The molecule has 1 aliphatic rings. The second-order valence-corrected chi connectivity index (χ2v) is 9.50. The van der Waals surface area contributed by atoms with Gasteiger partial charge in [0.2, 0.25) is 0 Å². The summed E-state index contributed by atoms with van der Waals surface area (Å²) in [6.45, 7) is 6.53. The average Bonchev–Trinajstić information content (AvgIpc) is 2.02. The van der Waals surface area contributed by atoms with Crippen LogP contribution in [0.3, 0.4) is 0 Å². The summed E-state index contributed by atoms with van der Waals surface area (Å²) in [6.07, 6.45) is 3.72. The Balaban J connectivity index is 2.33. The number of hydrogen-bond acceptors (Lipinski definition) is 2. The lowest BCUT2D eigenvalue weighted by molar-refractivity contribution is -0.143. The van der Waals surface area contributed by atoms with Crippen molar-refractivity contribution in [2.45, 2.75) is 51.4 Å². The first kappa shape index (κ1) is 11.7. The van der Waals surface area contributed by atoms with E-state index in [0.29, 0.717) is 6.10 Å². The first-order valence-electron chi connectivity index (χ1n) is 5.29. The maximum atomic E-state index is 10.7. The molecule has 1 N–H and O–H groups in total.